The number of aliphatic hydroxyl groups excluding tert-OH is 1. The molecule has 0 aliphatic heterocycles. The molecule has 1 heterocycles. The molecule has 3 rings (SSSR count). The van der Waals surface area contributed by atoms with Gasteiger partial charge in [-0.05, 0) is 42.7 Å². The number of ether oxygens (including phenoxy) is 1. The van der Waals surface area contributed by atoms with E-state index < -0.39 is 6.10 Å². The molecule has 0 aliphatic rings. The second-order valence-electron chi connectivity index (χ2n) is 5.12. The summed E-state index contributed by atoms with van der Waals surface area (Å²) in [6.07, 6.45) is 2.23. The second-order valence-corrected chi connectivity index (χ2v) is 6.18. The molecule has 3 aromatic rings. The summed E-state index contributed by atoms with van der Waals surface area (Å²) in [6, 6.07) is 17.5. The van der Waals surface area contributed by atoms with E-state index in [1.807, 2.05) is 77.2 Å². The van der Waals surface area contributed by atoms with Gasteiger partial charge >= 0.3 is 0 Å². The molecule has 0 saturated heterocycles. The number of aryl methyl sites for hydroxylation is 1. The van der Waals surface area contributed by atoms with E-state index >= 15 is 0 Å². The van der Waals surface area contributed by atoms with Gasteiger partial charge in [0.25, 0.3) is 0 Å². The topological polar surface area (TPSA) is 55.5 Å². The highest BCUT2D eigenvalue weighted by Gasteiger charge is 2.13. The zero-order valence-electron chi connectivity index (χ0n) is 12.4. The van der Waals surface area contributed by atoms with Crippen LogP contribution in [-0.4, -0.2) is 10.1 Å². The molecular weight excluding hydrogens is 405 g/mol. The van der Waals surface area contributed by atoms with Gasteiger partial charge in [-0.25, -0.2) is 4.98 Å². The summed E-state index contributed by atoms with van der Waals surface area (Å²) >= 11 is 2.03. The Bertz CT molecular complexity index is 740. The van der Waals surface area contributed by atoms with Crippen LogP contribution in [0.15, 0.2) is 65.2 Å². The average molecular weight is 421 g/mol. The lowest BCUT2D eigenvalue weighted by atomic mass is 10.1. The Morgan fingerprint density at radius 3 is 2.39 bits per heavy atom. The first kappa shape index (κ1) is 16.0. The van der Waals surface area contributed by atoms with E-state index in [0.717, 1.165) is 23.5 Å². The first-order valence-electron chi connectivity index (χ1n) is 7.32. The lowest BCUT2D eigenvalue weighted by Crippen LogP contribution is -2.00. The molecular formula is C18H16INO3. The fraction of sp³-hybridized carbons (Fsp3) is 0.167. The molecule has 0 spiro atoms. The number of nitrogens with zero attached hydrogens (tertiary/aromatic N) is 1. The Morgan fingerprint density at radius 1 is 1.04 bits per heavy atom. The van der Waals surface area contributed by atoms with Gasteiger partial charge < -0.3 is 14.3 Å². The minimum absolute atomic E-state index is 0.374. The van der Waals surface area contributed by atoms with Crippen molar-refractivity contribution in [3.63, 3.8) is 0 Å². The number of aromatic nitrogens is 1. The molecule has 1 aromatic heterocycles. The summed E-state index contributed by atoms with van der Waals surface area (Å²) in [7, 11) is 0. The van der Waals surface area contributed by atoms with Crippen molar-refractivity contribution in [2.45, 2.75) is 18.9 Å². The largest absolute Gasteiger partial charge is 0.457 e. The highest BCUT2D eigenvalue weighted by Crippen LogP contribution is 2.23. The van der Waals surface area contributed by atoms with Crippen LogP contribution in [0.1, 0.15) is 24.0 Å². The molecule has 0 radical (unpaired) electrons. The van der Waals surface area contributed by atoms with Gasteiger partial charge in [0, 0.05) is 22.6 Å². The first-order chi connectivity index (χ1) is 11.2. The number of benzene rings is 2. The van der Waals surface area contributed by atoms with Gasteiger partial charge in [-0.3, -0.25) is 0 Å². The monoisotopic (exact) mass is 421 g/mol. The van der Waals surface area contributed by atoms with Crippen molar-refractivity contribution in [2.24, 2.45) is 0 Å². The SMILES string of the molecule is OC(CCc1ccc(Oc2ccccc2)cc1)c1ncc(I)o1. The van der Waals surface area contributed by atoms with Crippen LogP contribution in [0.25, 0.3) is 0 Å². The van der Waals surface area contributed by atoms with Gasteiger partial charge in [0.1, 0.15) is 17.6 Å². The third kappa shape index (κ3) is 4.56. The summed E-state index contributed by atoms with van der Waals surface area (Å²) in [6.45, 7) is 0. The van der Waals surface area contributed by atoms with Crippen LogP contribution < -0.4 is 4.74 Å². The third-order valence-electron chi connectivity index (χ3n) is 3.39. The third-order valence-corrected chi connectivity index (χ3v) is 3.89. The highest BCUT2D eigenvalue weighted by molar-refractivity contribution is 14.1. The van der Waals surface area contributed by atoms with Crippen LogP contribution in [0.4, 0.5) is 0 Å². The number of halogens is 1. The number of hydrogen-bond acceptors (Lipinski definition) is 4. The number of aliphatic hydroxyl groups is 1. The quantitative estimate of drug-likeness (QED) is 0.585. The molecule has 23 heavy (non-hydrogen) atoms. The normalized spacial score (nSPS) is 12.1. The van der Waals surface area contributed by atoms with E-state index in [1.165, 1.54) is 0 Å². The zero-order chi connectivity index (χ0) is 16.1. The van der Waals surface area contributed by atoms with E-state index in [2.05, 4.69) is 4.98 Å². The summed E-state index contributed by atoms with van der Waals surface area (Å²) in [5.74, 6) is 1.98. The Labute approximate surface area is 148 Å². The smallest absolute Gasteiger partial charge is 0.224 e. The molecule has 1 atom stereocenters. The minimum atomic E-state index is -0.682. The summed E-state index contributed by atoms with van der Waals surface area (Å²) in [4.78, 5) is 4.04. The van der Waals surface area contributed by atoms with Gasteiger partial charge in [0.15, 0.2) is 3.77 Å². The summed E-state index contributed by atoms with van der Waals surface area (Å²) in [5.41, 5.74) is 1.13. The Morgan fingerprint density at radius 2 is 1.74 bits per heavy atom. The van der Waals surface area contributed by atoms with Crippen molar-refractivity contribution >= 4 is 22.6 Å². The molecule has 0 bridgehead atoms. The standard InChI is InChI=1S/C18H16INO3/c19-17-12-20-18(23-17)16(21)11-8-13-6-9-15(10-7-13)22-14-4-2-1-3-5-14/h1-7,9-10,12,16,21H,8,11H2. The molecule has 1 unspecified atom stereocenters. The molecule has 1 N–H and O–H groups in total. The van der Waals surface area contributed by atoms with Gasteiger partial charge in [0.2, 0.25) is 5.89 Å². The molecule has 118 valence electrons. The lowest BCUT2D eigenvalue weighted by Gasteiger charge is -2.08. The van der Waals surface area contributed by atoms with Gasteiger partial charge in [-0.2, -0.15) is 0 Å². The van der Waals surface area contributed by atoms with E-state index in [-0.39, 0.29) is 0 Å². The zero-order valence-corrected chi connectivity index (χ0v) is 14.5. The minimum Gasteiger partial charge on any atom is -0.457 e. The molecule has 0 aliphatic carbocycles. The molecule has 2 aromatic carbocycles. The van der Waals surface area contributed by atoms with Crippen LogP contribution in [0, 0.1) is 3.77 Å². The van der Waals surface area contributed by atoms with Gasteiger partial charge in [-0.15, -0.1) is 0 Å². The fourth-order valence-electron chi connectivity index (χ4n) is 2.20. The van der Waals surface area contributed by atoms with Crippen molar-refractivity contribution < 1.29 is 14.3 Å². The Kier molecular flexibility index (Phi) is 5.30. The average Bonchev–Trinajstić information content (AvgIpc) is 3.01. The van der Waals surface area contributed by atoms with Crippen LogP contribution in [0.3, 0.4) is 0 Å². The number of oxazole rings is 1. The van der Waals surface area contributed by atoms with Crippen LogP contribution in [-0.2, 0) is 6.42 Å². The van der Waals surface area contributed by atoms with Gasteiger partial charge in [-0.1, -0.05) is 30.3 Å². The highest BCUT2D eigenvalue weighted by atomic mass is 127. The van der Waals surface area contributed by atoms with Crippen LogP contribution in [0.5, 0.6) is 11.5 Å². The van der Waals surface area contributed by atoms with Crippen molar-refractivity contribution in [3.05, 3.63) is 76.0 Å². The van der Waals surface area contributed by atoms with Crippen molar-refractivity contribution in [3.8, 4) is 11.5 Å². The Hall–Kier alpha value is -1.86. The maximum absolute atomic E-state index is 10.1. The molecule has 0 amide bonds. The predicted molar refractivity (Wildman–Crippen MR) is 95.5 cm³/mol. The fourth-order valence-corrected chi connectivity index (χ4v) is 2.56. The molecule has 0 fully saturated rings. The maximum Gasteiger partial charge on any atom is 0.224 e. The van der Waals surface area contributed by atoms with Crippen LogP contribution >= 0.6 is 22.6 Å². The number of hydrogen-bond donors (Lipinski definition) is 1. The van der Waals surface area contributed by atoms with Crippen molar-refractivity contribution in [2.75, 3.05) is 0 Å². The van der Waals surface area contributed by atoms with Gasteiger partial charge in [0.05, 0.1) is 6.20 Å². The van der Waals surface area contributed by atoms with Crippen molar-refractivity contribution in [1.29, 1.82) is 0 Å². The maximum atomic E-state index is 10.1. The summed E-state index contributed by atoms with van der Waals surface area (Å²) in [5, 5.41) is 10.1. The second kappa shape index (κ2) is 7.61. The molecule has 4 nitrogen and oxygen atoms in total. The van der Waals surface area contributed by atoms with E-state index in [4.69, 9.17) is 9.15 Å². The number of para-hydroxylation sites is 1. The van der Waals surface area contributed by atoms with E-state index in [1.54, 1.807) is 6.20 Å². The Balaban J connectivity index is 1.55. The van der Waals surface area contributed by atoms with Crippen LogP contribution in [0.2, 0.25) is 0 Å². The number of rotatable bonds is 6. The van der Waals surface area contributed by atoms with E-state index in [9.17, 15) is 5.11 Å². The van der Waals surface area contributed by atoms with E-state index in [0.29, 0.717) is 16.1 Å². The predicted octanol–water partition coefficient (Wildman–Crippen LogP) is 4.74. The molecule has 5 heteroatoms. The molecule has 0 saturated carbocycles. The van der Waals surface area contributed by atoms with Crippen molar-refractivity contribution in [1.82, 2.24) is 4.98 Å². The lowest BCUT2D eigenvalue weighted by molar-refractivity contribution is 0.133. The first-order valence-corrected chi connectivity index (χ1v) is 8.40. The summed E-state index contributed by atoms with van der Waals surface area (Å²) < 4.78 is 11.8.